The Bertz CT molecular complexity index is 195. The molecule has 1 aliphatic rings. The largest absolute Gasteiger partial charge is 2.00 e. The molecular formula is C11H16Cl2MgO. The smallest absolute Gasteiger partial charge is 1.00 e. The third-order valence-corrected chi connectivity index (χ3v) is 1.77. The summed E-state index contributed by atoms with van der Waals surface area (Å²) < 4.78 is 4.94. The molecule has 15 heavy (non-hydrogen) atoms. The van der Waals surface area contributed by atoms with Crippen molar-refractivity contribution in [2.24, 2.45) is 0 Å². The number of benzene rings is 1. The molecule has 1 aromatic carbocycles. The minimum absolute atomic E-state index is 0. The van der Waals surface area contributed by atoms with Gasteiger partial charge in [0.15, 0.2) is 0 Å². The molecule has 0 aliphatic carbocycles. The van der Waals surface area contributed by atoms with Crippen LogP contribution in [0, 0.1) is 6.92 Å². The number of rotatable bonds is 0. The molecular weight excluding hydrogens is 243 g/mol. The molecule has 82 valence electrons. The Kier molecular flexibility index (Phi) is 20.2. The number of hydrogen-bond donors (Lipinski definition) is 0. The topological polar surface area (TPSA) is 9.23 Å². The SMILES string of the molecule is C1CCOC1.Cc1ccccc1.[Cl-].[Cl-].[Mg+2]. The third-order valence-electron chi connectivity index (χ3n) is 1.77. The summed E-state index contributed by atoms with van der Waals surface area (Å²) in [6.07, 6.45) is 2.56. The molecule has 1 nitrogen and oxygen atoms in total. The molecule has 1 heterocycles. The average molecular weight is 259 g/mol. The molecule has 0 unspecified atom stereocenters. The first kappa shape index (κ1) is 20.9. The number of halogens is 2. The Balaban J connectivity index is -0.000000165. The second-order valence-corrected chi connectivity index (χ2v) is 2.97. The Morgan fingerprint density at radius 1 is 0.933 bits per heavy atom. The van der Waals surface area contributed by atoms with Gasteiger partial charge < -0.3 is 29.6 Å². The molecule has 0 spiro atoms. The van der Waals surface area contributed by atoms with E-state index in [0.29, 0.717) is 0 Å². The van der Waals surface area contributed by atoms with Crippen molar-refractivity contribution >= 4 is 23.1 Å². The minimum atomic E-state index is 0. The van der Waals surface area contributed by atoms with E-state index >= 15 is 0 Å². The Morgan fingerprint density at radius 2 is 1.40 bits per heavy atom. The van der Waals surface area contributed by atoms with E-state index in [1.807, 2.05) is 18.2 Å². The van der Waals surface area contributed by atoms with Crippen LogP contribution in [0.1, 0.15) is 18.4 Å². The van der Waals surface area contributed by atoms with Crippen LogP contribution >= 0.6 is 0 Å². The van der Waals surface area contributed by atoms with Crippen LogP contribution in [0.2, 0.25) is 0 Å². The summed E-state index contributed by atoms with van der Waals surface area (Å²) in [6, 6.07) is 10.3. The summed E-state index contributed by atoms with van der Waals surface area (Å²) in [5.41, 5.74) is 1.32. The molecule has 1 saturated heterocycles. The second-order valence-electron chi connectivity index (χ2n) is 2.97. The van der Waals surface area contributed by atoms with Gasteiger partial charge in [-0.15, -0.1) is 0 Å². The van der Waals surface area contributed by atoms with Crippen LogP contribution in [0.15, 0.2) is 30.3 Å². The van der Waals surface area contributed by atoms with Crippen molar-refractivity contribution in [3.8, 4) is 0 Å². The first-order chi connectivity index (χ1) is 5.89. The van der Waals surface area contributed by atoms with Gasteiger partial charge in [0.1, 0.15) is 0 Å². The zero-order valence-electron chi connectivity index (χ0n) is 9.09. The van der Waals surface area contributed by atoms with E-state index in [4.69, 9.17) is 4.74 Å². The van der Waals surface area contributed by atoms with Crippen molar-refractivity contribution in [2.45, 2.75) is 19.8 Å². The predicted molar refractivity (Wildman–Crippen MR) is 57.0 cm³/mol. The van der Waals surface area contributed by atoms with Crippen molar-refractivity contribution in [3.63, 3.8) is 0 Å². The Morgan fingerprint density at radius 3 is 1.60 bits per heavy atom. The molecule has 1 fully saturated rings. The summed E-state index contributed by atoms with van der Waals surface area (Å²) in [4.78, 5) is 0. The van der Waals surface area contributed by atoms with Crippen LogP contribution < -0.4 is 24.8 Å². The van der Waals surface area contributed by atoms with Gasteiger partial charge >= 0.3 is 23.1 Å². The normalized spacial score (nSPS) is 12.1. The van der Waals surface area contributed by atoms with Crippen LogP contribution in [0.3, 0.4) is 0 Å². The summed E-state index contributed by atoms with van der Waals surface area (Å²) in [6.45, 7) is 4.08. The molecule has 0 amide bonds. The van der Waals surface area contributed by atoms with Gasteiger partial charge in [0, 0.05) is 13.2 Å². The van der Waals surface area contributed by atoms with Gasteiger partial charge in [-0.1, -0.05) is 35.9 Å². The van der Waals surface area contributed by atoms with E-state index in [-0.39, 0.29) is 47.9 Å². The van der Waals surface area contributed by atoms with E-state index in [2.05, 4.69) is 19.1 Å². The molecule has 2 rings (SSSR count). The van der Waals surface area contributed by atoms with Crippen molar-refractivity contribution in [2.75, 3.05) is 13.2 Å². The zero-order chi connectivity index (χ0) is 8.65. The number of aryl methyl sites for hydroxylation is 1. The quantitative estimate of drug-likeness (QED) is 0.438. The molecule has 0 aromatic heterocycles. The van der Waals surface area contributed by atoms with E-state index < -0.39 is 0 Å². The van der Waals surface area contributed by atoms with Crippen molar-refractivity contribution in [3.05, 3.63) is 35.9 Å². The number of ether oxygens (including phenoxy) is 1. The fourth-order valence-electron chi connectivity index (χ4n) is 1.04. The predicted octanol–water partition coefficient (Wildman–Crippen LogP) is -3.58. The van der Waals surface area contributed by atoms with Crippen LogP contribution in [-0.2, 0) is 4.74 Å². The van der Waals surface area contributed by atoms with Gasteiger partial charge in [0.05, 0.1) is 0 Å². The molecule has 0 N–H and O–H groups in total. The molecule has 0 atom stereocenters. The average Bonchev–Trinajstić information content (AvgIpc) is 2.62. The maximum absolute atomic E-state index is 4.94. The van der Waals surface area contributed by atoms with Crippen LogP contribution in [0.4, 0.5) is 0 Å². The van der Waals surface area contributed by atoms with Crippen LogP contribution in [0.25, 0.3) is 0 Å². The fourth-order valence-corrected chi connectivity index (χ4v) is 1.04. The molecule has 1 aromatic rings. The summed E-state index contributed by atoms with van der Waals surface area (Å²) in [5, 5.41) is 0. The summed E-state index contributed by atoms with van der Waals surface area (Å²) in [7, 11) is 0. The first-order valence-electron chi connectivity index (χ1n) is 4.49. The van der Waals surface area contributed by atoms with Crippen molar-refractivity contribution < 1.29 is 29.6 Å². The zero-order valence-corrected chi connectivity index (χ0v) is 12.0. The third kappa shape index (κ3) is 12.5. The van der Waals surface area contributed by atoms with E-state index in [1.165, 1.54) is 18.4 Å². The summed E-state index contributed by atoms with van der Waals surface area (Å²) >= 11 is 0. The van der Waals surface area contributed by atoms with E-state index in [1.54, 1.807) is 0 Å². The molecule has 0 saturated carbocycles. The van der Waals surface area contributed by atoms with Crippen LogP contribution in [-0.4, -0.2) is 36.3 Å². The monoisotopic (exact) mass is 258 g/mol. The Hall–Kier alpha value is 0.526. The second kappa shape index (κ2) is 14.5. The van der Waals surface area contributed by atoms with Gasteiger partial charge in [0.25, 0.3) is 0 Å². The summed E-state index contributed by atoms with van der Waals surface area (Å²) in [5.74, 6) is 0. The van der Waals surface area contributed by atoms with Crippen LogP contribution in [0.5, 0.6) is 0 Å². The molecule has 4 heteroatoms. The maximum atomic E-state index is 4.94. The van der Waals surface area contributed by atoms with Gasteiger partial charge in [-0.25, -0.2) is 0 Å². The number of hydrogen-bond acceptors (Lipinski definition) is 1. The van der Waals surface area contributed by atoms with Gasteiger partial charge in [0.2, 0.25) is 0 Å². The van der Waals surface area contributed by atoms with Gasteiger partial charge in [-0.2, -0.15) is 0 Å². The van der Waals surface area contributed by atoms with Crippen molar-refractivity contribution in [1.29, 1.82) is 0 Å². The molecule has 0 radical (unpaired) electrons. The van der Waals surface area contributed by atoms with Crippen molar-refractivity contribution in [1.82, 2.24) is 0 Å². The molecule has 0 bridgehead atoms. The Labute approximate surface area is 121 Å². The van der Waals surface area contributed by atoms with E-state index in [9.17, 15) is 0 Å². The van der Waals surface area contributed by atoms with E-state index in [0.717, 1.165) is 13.2 Å². The standard InChI is InChI=1S/C7H8.C4H8O.2ClH.Mg/c1-7-5-3-2-4-6-7;1-2-4-5-3-1;;;/h2-6H,1H3;1-4H2;2*1H;/q;;;;+2/p-2. The van der Waals surface area contributed by atoms with Gasteiger partial charge in [-0.3, -0.25) is 0 Å². The fraction of sp³-hybridized carbons (Fsp3) is 0.455. The minimum Gasteiger partial charge on any atom is -1.00 e. The maximum Gasteiger partial charge on any atom is 2.00 e. The first-order valence-corrected chi connectivity index (χ1v) is 4.49. The van der Waals surface area contributed by atoms with Gasteiger partial charge in [-0.05, 0) is 19.8 Å². The molecule has 1 aliphatic heterocycles.